The highest BCUT2D eigenvalue weighted by molar-refractivity contribution is 6.11. The van der Waals surface area contributed by atoms with Crippen molar-refractivity contribution in [2.75, 3.05) is 43.0 Å². The first kappa shape index (κ1) is 28.2. The van der Waals surface area contributed by atoms with Crippen molar-refractivity contribution >= 4 is 28.3 Å². The summed E-state index contributed by atoms with van der Waals surface area (Å²) < 4.78 is 48.8. The summed E-state index contributed by atoms with van der Waals surface area (Å²) in [5.74, 6) is -0.322. The molecule has 2 aliphatic heterocycles. The number of carbonyl (C=O) groups is 1. The first-order valence-electron chi connectivity index (χ1n) is 14.3. The fourth-order valence-electron chi connectivity index (χ4n) is 5.89. The summed E-state index contributed by atoms with van der Waals surface area (Å²) in [5, 5.41) is 2.94. The fourth-order valence-corrected chi connectivity index (χ4v) is 5.89. The van der Waals surface area contributed by atoms with Crippen LogP contribution in [0.5, 0.6) is 0 Å². The van der Waals surface area contributed by atoms with Gasteiger partial charge in [0.2, 0.25) is 0 Å². The largest absolute Gasteiger partial charge is 0.417 e. The number of ether oxygens (including phenoxy) is 1. The molecule has 0 spiro atoms. The third kappa shape index (κ3) is 6.00. The summed E-state index contributed by atoms with van der Waals surface area (Å²) in [6.07, 6.45) is -2.20. The molecule has 6 rings (SSSR count). The minimum absolute atomic E-state index is 0.0547. The number of para-hydroxylation sites is 1. The van der Waals surface area contributed by atoms with Gasteiger partial charge in [-0.3, -0.25) is 9.69 Å². The number of morpholine rings is 1. The minimum atomic E-state index is -4.60. The van der Waals surface area contributed by atoms with Crippen LogP contribution in [0.2, 0.25) is 0 Å². The van der Waals surface area contributed by atoms with Gasteiger partial charge in [0.05, 0.1) is 28.9 Å². The Hall–Kier alpha value is -3.89. The predicted octanol–water partition coefficient (Wildman–Crippen LogP) is 6.71. The maximum absolute atomic E-state index is 14.3. The van der Waals surface area contributed by atoms with E-state index in [0.717, 1.165) is 25.2 Å². The van der Waals surface area contributed by atoms with Gasteiger partial charge in [-0.15, -0.1) is 0 Å². The van der Waals surface area contributed by atoms with Gasteiger partial charge in [-0.05, 0) is 87.8 Å². The maximum Gasteiger partial charge on any atom is 0.417 e. The number of nitrogens with one attached hydrogen (secondary N) is 2. The number of carbonyl (C=O) groups excluding carboxylic acids is 1. The highest BCUT2D eigenvalue weighted by Crippen LogP contribution is 2.40. The number of likely N-dealkylation sites (tertiary alicyclic amines) is 1. The molecular formula is C32H34F3N5O2. The van der Waals surface area contributed by atoms with Crippen molar-refractivity contribution in [1.82, 2.24) is 14.9 Å². The number of benzene rings is 3. The van der Waals surface area contributed by atoms with Gasteiger partial charge in [0, 0.05) is 36.6 Å². The first-order chi connectivity index (χ1) is 20.1. The van der Waals surface area contributed by atoms with Crippen LogP contribution in [0.4, 0.5) is 24.5 Å². The molecule has 1 amide bonds. The lowest BCUT2D eigenvalue weighted by Gasteiger charge is -2.39. The van der Waals surface area contributed by atoms with Gasteiger partial charge in [0.15, 0.2) is 0 Å². The zero-order chi connectivity index (χ0) is 29.5. The lowest BCUT2D eigenvalue weighted by atomic mass is 10.0. The third-order valence-corrected chi connectivity index (χ3v) is 7.90. The normalized spacial score (nSPS) is 17.6. The van der Waals surface area contributed by atoms with E-state index in [4.69, 9.17) is 4.74 Å². The van der Waals surface area contributed by atoms with Crippen LogP contribution in [0.3, 0.4) is 0 Å². The quantitative estimate of drug-likeness (QED) is 0.267. The van der Waals surface area contributed by atoms with Crippen molar-refractivity contribution in [2.45, 2.75) is 45.0 Å². The molecule has 4 aromatic rings. The zero-order valence-electron chi connectivity index (χ0n) is 23.7. The fraction of sp³-hybridized carbons (Fsp3) is 0.375. The molecule has 1 aromatic heterocycles. The number of rotatable bonds is 6. The van der Waals surface area contributed by atoms with Crippen molar-refractivity contribution in [3.8, 4) is 11.4 Å². The van der Waals surface area contributed by atoms with E-state index in [2.05, 4.69) is 20.2 Å². The van der Waals surface area contributed by atoms with Gasteiger partial charge in [-0.1, -0.05) is 18.2 Å². The average Bonchev–Trinajstić information content (AvgIpc) is 3.62. The topological polar surface area (TPSA) is 73.5 Å². The Kier molecular flexibility index (Phi) is 7.44. The second kappa shape index (κ2) is 11.1. The van der Waals surface area contributed by atoms with E-state index in [1.54, 1.807) is 24.3 Å². The van der Waals surface area contributed by atoms with E-state index in [-0.39, 0.29) is 22.9 Å². The second-order valence-electron chi connectivity index (χ2n) is 11.7. The van der Waals surface area contributed by atoms with E-state index in [1.807, 2.05) is 43.0 Å². The van der Waals surface area contributed by atoms with E-state index in [1.165, 1.54) is 25.0 Å². The van der Waals surface area contributed by atoms with E-state index in [9.17, 15) is 18.0 Å². The smallest absolute Gasteiger partial charge is 0.372 e. The molecule has 42 heavy (non-hydrogen) atoms. The molecule has 10 heteroatoms. The molecule has 2 fully saturated rings. The molecule has 7 nitrogen and oxygen atoms in total. The van der Waals surface area contributed by atoms with Crippen molar-refractivity contribution in [2.24, 2.45) is 0 Å². The first-order valence-corrected chi connectivity index (χ1v) is 14.3. The number of aromatic amines is 1. The van der Waals surface area contributed by atoms with Crippen LogP contribution >= 0.6 is 0 Å². The Bertz CT molecular complexity index is 1610. The van der Waals surface area contributed by atoms with Crippen LogP contribution in [0, 0.1) is 0 Å². The van der Waals surface area contributed by atoms with Crippen LogP contribution in [-0.4, -0.2) is 59.2 Å². The summed E-state index contributed by atoms with van der Waals surface area (Å²) >= 11 is 0. The lowest BCUT2D eigenvalue weighted by molar-refractivity contribution is -0.137. The van der Waals surface area contributed by atoms with Gasteiger partial charge in [-0.25, -0.2) is 4.98 Å². The number of H-pyrrole nitrogens is 1. The summed E-state index contributed by atoms with van der Waals surface area (Å²) in [7, 11) is 0. The zero-order valence-corrected chi connectivity index (χ0v) is 23.7. The van der Waals surface area contributed by atoms with Gasteiger partial charge in [-0.2, -0.15) is 13.2 Å². The summed E-state index contributed by atoms with van der Waals surface area (Å²) in [5.41, 5.74) is 1.99. The van der Waals surface area contributed by atoms with Crippen molar-refractivity contribution in [3.05, 3.63) is 77.4 Å². The molecule has 2 saturated heterocycles. The highest BCUT2D eigenvalue weighted by Gasteiger charge is 2.36. The molecular weight excluding hydrogens is 543 g/mol. The van der Waals surface area contributed by atoms with Crippen molar-refractivity contribution < 1.29 is 22.7 Å². The van der Waals surface area contributed by atoms with Crippen LogP contribution in [0.15, 0.2) is 60.7 Å². The Labute approximate surface area is 242 Å². The number of amides is 1. The van der Waals surface area contributed by atoms with E-state index in [0.29, 0.717) is 42.1 Å². The number of halogens is 3. The monoisotopic (exact) mass is 577 g/mol. The van der Waals surface area contributed by atoms with Gasteiger partial charge in [0.25, 0.3) is 5.91 Å². The molecule has 220 valence electrons. The van der Waals surface area contributed by atoms with E-state index >= 15 is 0 Å². The van der Waals surface area contributed by atoms with Gasteiger partial charge >= 0.3 is 6.18 Å². The molecule has 0 saturated carbocycles. The summed E-state index contributed by atoms with van der Waals surface area (Å²) in [4.78, 5) is 25.2. The second-order valence-corrected chi connectivity index (χ2v) is 11.7. The molecule has 0 radical (unpaired) electrons. The SMILES string of the molecule is CC1(C)CN(c2ccc(-c3nc4c(C(=O)Nc5cccc(CN6CCCC6)c5)cccc4[nH]3)c(C(F)(F)F)c2)CCO1. The number of alkyl halides is 3. The molecule has 0 atom stereocenters. The molecule has 2 aliphatic rings. The highest BCUT2D eigenvalue weighted by atomic mass is 19.4. The van der Waals surface area contributed by atoms with Crippen LogP contribution in [0.1, 0.15) is 48.2 Å². The maximum atomic E-state index is 14.3. The molecule has 0 bridgehead atoms. The number of imidazole rings is 1. The standard InChI is InChI=1S/C32H34F3N5O2/c1-31(2)20-40(15-16-42-31)23-11-12-24(26(18-23)32(33,34)35)29-37-27-10-6-9-25(28(27)38-29)30(41)36-22-8-5-7-21(17-22)19-39-13-3-4-14-39/h5-12,17-18H,3-4,13-16,19-20H2,1-2H3,(H,36,41)(H,37,38). The number of fused-ring (bicyclic) bond motifs is 1. The van der Waals surface area contributed by atoms with Crippen LogP contribution in [0.25, 0.3) is 22.4 Å². The lowest BCUT2D eigenvalue weighted by Crippen LogP contribution is -2.48. The number of hydrogen-bond acceptors (Lipinski definition) is 5. The molecule has 2 N–H and O–H groups in total. The third-order valence-electron chi connectivity index (χ3n) is 7.90. The van der Waals surface area contributed by atoms with E-state index < -0.39 is 17.3 Å². The Morgan fingerprint density at radius 3 is 2.60 bits per heavy atom. The number of aromatic nitrogens is 2. The summed E-state index contributed by atoms with van der Waals surface area (Å²) in [6.45, 7) is 8.24. The summed E-state index contributed by atoms with van der Waals surface area (Å²) in [6, 6.07) is 17.1. The molecule has 0 aliphatic carbocycles. The average molecular weight is 578 g/mol. The Morgan fingerprint density at radius 2 is 1.83 bits per heavy atom. The number of anilines is 2. The molecule has 3 aromatic carbocycles. The Morgan fingerprint density at radius 1 is 1.05 bits per heavy atom. The van der Waals surface area contributed by atoms with Gasteiger partial charge < -0.3 is 19.9 Å². The van der Waals surface area contributed by atoms with Crippen LogP contribution < -0.4 is 10.2 Å². The number of hydrogen-bond donors (Lipinski definition) is 2. The van der Waals surface area contributed by atoms with Crippen molar-refractivity contribution in [1.29, 1.82) is 0 Å². The van der Waals surface area contributed by atoms with Gasteiger partial charge in [0.1, 0.15) is 11.3 Å². The molecule has 3 heterocycles. The van der Waals surface area contributed by atoms with Crippen LogP contribution in [-0.2, 0) is 17.5 Å². The number of nitrogens with zero attached hydrogens (tertiary/aromatic N) is 3. The minimum Gasteiger partial charge on any atom is -0.372 e. The molecule has 0 unspecified atom stereocenters. The van der Waals surface area contributed by atoms with Crippen molar-refractivity contribution in [3.63, 3.8) is 0 Å². The predicted molar refractivity (Wildman–Crippen MR) is 158 cm³/mol. The Balaban J connectivity index is 1.29.